The van der Waals surface area contributed by atoms with Crippen LogP contribution >= 0.6 is 9.24 Å². The van der Waals surface area contributed by atoms with Crippen LogP contribution in [0.5, 0.6) is 0 Å². The first-order valence-electron chi connectivity index (χ1n) is 7.89. The van der Waals surface area contributed by atoms with Gasteiger partial charge in [0.2, 0.25) is 0 Å². The van der Waals surface area contributed by atoms with E-state index in [1.54, 1.807) is 0 Å². The Hall–Kier alpha value is -0.680. The fraction of sp³-hybridized carbons (Fsp3) is 0.632. The topological polar surface area (TPSA) is 17.1 Å². The highest BCUT2D eigenvalue weighted by atomic mass is 31.0. The molecule has 0 N–H and O–H groups in total. The molecule has 21 heavy (non-hydrogen) atoms. The predicted octanol–water partition coefficient (Wildman–Crippen LogP) is 5.42. The van der Waals surface area contributed by atoms with Crippen molar-refractivity contribution in [1.82, 2.24) is 0 Å². The van der Waals surface area contributed by atoms with Gasteiger partial charge in [-0.15, -0.1) is 9.24 Å². The van der Waals surface area contributed by atoms with Gasteiger partial charge in [-0.2, -0.15) is 0 Å². The fourth-order valence-electron chi connectivity index (χ4n) is 3.34. The first kappa shape index (κ1) is 18.4. The van der Waals surface area contributed by atoms with Crippen LogP contribution < -0.4 is 0 Å². The zero-order chi connectivity index (χ0) is 16.4. The molecular weight excluding hydrogens is 275 g/mol. The summed E-state index contributed by atoms with van der Waals surface area (Å²) < 4.78 is 0. The average molecular weight is 306 g/mol. The van der Waals surface area contributed by atoms with Crippen molar-refractivity contribution < 1.29 is 4.79 Å². The summed E-state index contributed by atoms with van der Waals surface area (Å²) in [5.41, 5.74) is 5.81. The van der Waals surface area contributed by atoms with E-state index in [2.05, 4.69) is 63.8 Å². The maximum Gasteiger partial charge on any atom is 0.163 e. The normalized spacial score (nSPS) is 13.3. The first-order valence-corrected chi connectivity index (χ1v) is 8.71. The van der Waals surface area contributed by atoms with Crippen LogP contribution in [0.3, 0.4) is 0 Å². The van der Waals surface area contributed by atoms with E-state index in [1.165, 1.54) is 11.1 Å². The van der Waals surface area contributed by atoms with Gasteiger partial charge in [0.15, 0.2) is 5.78 Å². The van der Waals surface area contributed by atoms with Crippen molar-refractivity contribution in [2.75, 3.05) is 6.16 Å². The highest BCUT2D eigenvalue weighted by Gasteiger charge is 2.26. The lowest BCUT2D eigenvalue weighted by atomic mass is 9.77. The lowest BCUT2D eigenvalue weighted by molar-refractivity contribution is 0.0916. The molecule has 0 saturated carbocycles. The summed E-state index contributed by atoms with van der Waals surface area (Å²) in [4.78, 5) is 12.8. The van der Waals surface area contributed by atoms with E-state index < -0.39 is 0 Å². The minimum atomic E-state index is 0.0603. The first-order chi connectivity index (χ1) is 9.59. The molecule has 1 nitrogen and oxygen atoms in total. The van der Waals surface area contributed by atoms with E-state index in [-0.39, 0.29) is 5.41 Å². The molecule has 0 spiro atoms. The molecule has 2 heteroatoms. The molecule has 0 saturated heterocycles. The van der Waals surface area contributed by atoms with Crippen molar-refractivity contribution >= 4 is 15.0 Å². The van der Waals surface area contributed by atoms with Gasteiger partial charge in [-0.3, -0.25) is 4.79 Å². The summed E-state index contributed by atoms with van der Waals surface area (Å²) in [7, 11) is 2.81. The van der Waals surface area contributed by atoms with E-state index in [0.29, 0.717) is 18.1 Å². The Balaban J connectivity index is 3.03. The Morgan fingerprint density at radius 1 is 1.14 bits per heavy atom. The van der Waals surface area contributed by atoms with Crippen LogP contribution in [0.2, 0.25) is 0 Å². The van der Waals surface area contributed by atoms with Gasteiger partial charge in [0.05, 0.1) is 0 Å². The molecule has 0 radical (unpaired) electrons. The van der Waals surface area contributed by atoms with Gasteiger partial charge in [-0.25, -0.2) is 0 Å². The third-order valence-electron chi connectivity index (χ3n) is 4.58. The highest BCUT2D eigenvalue weighted by Crippen LogP contribution is 2.33. The molecule has 0 heterocycles. The Labute approximate surface area is 133 Å². The molecule has 0 aliphatic rings. The third-order valence-corrected chi connectivity index (χ3v) is 5.38. The molecule has 0 bridgehead atoms. The van der Waals surface area contributed by atoms with Gasteiger partial charge < -0.3 is 0 Å². The van der Waals surface area contributed by atoms with E-state index in [0.717, 1.165) is 29.3 Å². The average Bonchev–Trinajstić information content (AvgIpc) is 2.34. The van der Waals surface area contributed by atoms with Crippen LogP contribution in [-0.4, -0.2) is 11.9 Å². The molecule has 0 aliphatic heterocycles. The largest absolute Gasteiger partial charge is 0.294 e. The summed E-state index contributed by atoms with van der Waals surface area (Å²) in [6.45, 7) is 15.1. The quantitative estimate of drug-likeness (QED) is 0.506. The standard InChI is InChI=1S/C19H31OP/c1-12(11-21)9-19(6,7)10-17(20)18-14(3)8-13(2)15(4)16(18)5/h8,12H,9-11,21H2,1-7H3. The maximum atomic E-state index is 12.8. The number of carbonyl (C=O) groups is 1. The lowest BCUT2D eigenvalue weighted by Gasteiger charge is -2.27. The number of hydrogen-bond donors (Lipinski definition) is 0. The van der Waals surface area contributed by atoms with Crippen molar-refractivity contribution in [3.63, 3.8) is 0 Å². The molecule has 1 aromatic rings. The van der Waals surface area contributed by atoms with E-state index in [4.69, 9.17) is 0 Å². The number of Topliss-reactive ketones (excluding diaryl/α,β-unsaturated/α-hetero) is 1. The second kappa shape index (κ2) is 7.05. The molecule has 118 valence electrons. The summed E-state index contributed by atoms with van der Waals surface area (Å²) in [6.07, 6.45) is 2.82. The lowest BCUT2D eigenvalue weighted by Crippen LogP contribution is -2.22. The molecule has 1 aromatic carbocycles. The van der Waals surface area contributed by atoms with Crippen molar-refractivity contribution in [1.29, 1.82) is 0 Å². The Kier molecular flexibility index (Phi) is 6.17. The molecule has 2 unspecified atom stereocenters. The van der Waals surface area contributed by atoms with Gasteiger partial charge in [0, 0.05) is 12.0 Å². The smallest absolute Gasteiger partial charge is 0.163 e. The zero-order valence-corrected chi connectivity index (χ0v) is 15.9. The number of benzene rings is 1. The van der Waals surface area contributed by atoms with Crippen LogP contribution in [0.1, 0.15) is 66.2 Å². The van der Waals surface area contributed by atoms with E-state index >= 15 is 0 Å². The van der Waals surface area contributed by atoms with Crippen molar-refractivity contribution in [3.05, 3.63) is 33.9 Å². The Morgan fingerprint density at radius 2 is 1.71 bits per heavy atom. The van der Waals surface area contributed by atoms with Gasteiger partial charge in [0.25, 0.3) is 0 Å². The van der Waals surface area contributed by atoms with Gasteiger partial charge in [-0.1, -0.05) is 26.8 Å². The molecule has 0 amide bonds. The number of ketones is 1. The minimum absolute atomic E-state index is 0.0603. The highest BCUT2D eigenvalue weighted by molar-refractivity contribution is 7.16. The summed E-state index contributed by atoms with van der Waals surface area (Å²) in [5, 5.41) is 0. The SMILES string of the molecule is Cc1cc(C)c(C(=O)CC(C)(C)CC(C)CP)c(C)c1C. The number of aryl methyl sites for hydroxylation is 2. The molecular formula is C19H31OP. The fourth-order valence-corrected chi connectivity index (χ4v) is 3.50. The summed E-state index contributed by atoms with van der Waals surface area (Å²) in [5.74, 6) is 0.939. The molecule has 0 aliphatic carbocycles. The number of carbonyl (C=O) groups excluding carboxylic acids is 1. The van der Waals surface area contributed by atoms with Crippen LogP contribution in [0.15, 0.2) is 6.07 Å². The monoisotopic (exact) mass is 306 g/mol. The van der Waals surface area contributed by atoms with Crippen molar-refractivity contribution in [3.8, 4) is 0 Å². The summed E-state index contributed by atoms with van der Waals surface area (Å²) >= 11 is 0. The predicted molar refractivity (Wildman–Crippen MR) is 96.5 cm³/mol. The Bertz CT molecular complexity index is 529. The van der Waals surface area contributed by atoms with Gasteiger partial charge in [-0.05, 0) is 73.9 Å². The zero-order valence-electron chi connectivity index (χ0n) is 14.8. The van der Waals surface area contributed by atoms with E-state index in [9.17, 15) is 4.79 Å². The summed E-state index contributed by atoms with van der Waals surface area (Å²) in [6, 6.07) is 2.15. The minimum Gasteiger partial charge on any atom is -0.294 e. The molecule has 1 rings (SSSR count). The molecule has 0 fully saturated rings. The van der Waals surface area contributed by atoms with Gasteiger partial charge in [0.1, 0.15) is 0 Å². The molecule has 0 aromatic heterocycles. The second-order valence-electron chi connectivity index (χ2n) is 7.44. The Morgan fingerprint density at radius 3 is 2.24 bits per heavy atom. The van der Waals surface area contributed by atoms with Crippen molar-refractivity contribution in [2.24, 2.45) is 11.3 Å². The van der Waals surface area contributed by atoms with Gasteiger partial charge >= 0.3 is 0 Å². The molecule has 2 atom stereocenters. The number of hydrogen-bond acceptors (Lipinski definition) is 1. The van der Waals surface area contributed by atoms with Crippen LogP contribution in [0.4, 0.5) is 0 Å². The van der Waals surface area contributed by atoms with Crippen LogP contribution in [-0.2, 0) is 0 Å². The van der Waals surface area contributed by atoms with E-state index in [1.807, 2.05) is 0 Å². The van der Waals surface area contributed by atoms with Crippen molar-refractivity contribution in [2.45, 2.75) is 61.3 Å². The van der Waals surface area contributed by atoms with Crippen LogP contribution in [0.25, 0.3) is 0 Å². The van der Waals surface area contributed by atoms with Crippen LogP contribution in [0, 0.1) is 39.0 Å². The number of rotatable bonds is 6. The third kappa shape index (κ3) is 4.65. The second-order valence-corrected chi connectivity index (χ2v) is 7.92. The maximum absolute atomic E-state index is 12.8.